The van der Waals surface area contributed by atoms with Gasteiger partial charge in [-0.15, -0.1) is 0 Å². The normalized spacial score (nSPS) is 14.3. The van der Waals surface area contributed by atoms with Crippen molar-refractivity contribution in [2.75, 3.05) is 0 Å². The second-order valence-corrected chi connectivity index (χ2v) is 7.15. The van der Waals surface area contributed by atoms with Crippen LogP contribution in [0.5, 0.6) is 0 Å². The van der Waals surface area contributed by atoms with Crippen LogP contribution in [0.4, 0.5) is 0 Å². The first-order chi connectivity index (χ1) is 10.3. The Kier molecular flexibility index (Phi) is 16.4. The van der Waals surface area contributed by atoms with Gasteiger partial charge in [-0.2, -0.15) is 0 Å². The van der Waals surface area contributed by atoms with Gasteiger partial charge in [0.2, 0.25) is 0 Å². The van der Waals surface area contributed by atoms with Crippen molar-refractivity contribution in [2.24, 2.45) is 11.8 Å². The predicted molar refractivity (Wildman–Crippen MR) is 98.9 cm³/mol. The lowest BCUT2D eigenvalue weighted by atomic mass is 9.78. The summed E-state index contributed by atoms with van der Waals surface area (Å²) in [4.78, 5) is 0. The van der Waals surface area contributed by atoms with Crippen molar-refractivity contribution in [1.82, 2.24) is 0 Å². The molecule has 0 saturated heterocycles. The summed E-state index contributed by atoms with van der Waals surface area (Å²) in [6.07, 6.45) is 21.7. The minimum Gasteiger partial charge on any atom is -0.0654 e. The molecule has 128 valence electrons. The molecular weight excluding hydrogens is 252 g/mol. The van der Waals surface area contributed by atoms with Crippen LogP contribution in [-0.2, 0) is 0 Å². The Morgan fingerprint density at radius 2 is 0.810 bits per heavy atom. The molecule has 0 aliphatic carbocycles. The average Bonchev–Trinajstić information content (AvgIpc) is 2.50. The molecule has 0 bridgehead atoms. The van der Waals surface area contributed by atoms with Gasteiger partial charge < -0.3 is 0 Å². The van der Waals surface area contributed by atoms with Gasteiger partial charge in [-0.05, 0) is 11.8 Å². The first-order valence-corrected chi connectivity index (χ1v) is 10.3. The summed E-state index contributed by atoms with van der Waals surface area (Å²) in [7, 11) is 0. The van der Waals surface area contributed by atoms with Crippen LogP contribution in [-0.4, -0.2) is 0 Å². The zero-order valence-electron chi connectivity index (χ0n) is 15.8. The van der Waals surface area contributed by atoms with Crippen LogP contribution < -0.4 is 0 Å². The summed E-state index contributed by atoms with van der Waals surface area (Å²) in [5.41, 5.74) is 0. The molecule has 0 saturated carbocycles. The van der Waals surface area contributed by atoms with Crippen molar-refractivity contribution in [2.45, 2.75) is 124 Å². The van der Waals surface area contributed by atoms with Gasteiger partial charge in [-0.1, -0.05) is 124 Å². The maximum Gasteiger partial charge on any atom is -0.0386 e. The molecule has 0 nitrogen and oxygen atoms in total. The Morgan fingerprint density at radius 3 is 1.24 bits per heavy atom. The fraction of sp³-hybridized carbons (Fsp3) is 1.00. The SMILES string of the molecule is CCCCCCC(CCC)C(CCCC)CCCCCC. The highest BCUT2D eigenvalue weighted by Gasteiger charge is 2.19. The fourth-order valence-electron chi connectivity index (χ4n) is 3.74. The van der Waals surface area contributed by atoms with Gasteiger partial charge in [0.15, 0.2) is 0 Å². The Morgan fingerprint density at radius 1 is 0.381 bits per heavy atom. The standard InChI is InChI=1S/C21H44/c1-5-9-12-14-18-20(16-8-4)21(17-11-7-3)19-15-13-10-6-2/h20-21H,5-19H2,1-4H3. The van der Waals surface area contributed by atoms with Gasteiger partial charge in [0.05, 0.1) is 0 Å². The summed E-state index contributed by atoms with van der Waals surface area (Å²) in [5.74, 6) is 2.06. The van der Waals surface area contributed by atoms with Crippen molar-refractivity contribution in [3.05, 3.63) is 0 Å². The van der Waals surface area contributed by atoms with E-state index in [-0.39, 0.29) is 0 Å². The lowest BCUT2D eigenvalue weighted by molar-refractivity contribution is 0.242. The molecule has 0 aliphatic rings. The van der Waals surface area contributed by atoms with Crippen LogP contribution in [0.15, 0.2) is 0 Å². The van der Waals surface area contributed by atoms with Gasteiger partial charge in [-0.3, -0.25) is 0 Å². The Bertz CT molecular complexity index is 184. The summed E-state index contributed by atoms with van der Waals surface area (Å²) in [6.45, 7) is 9.38. The van der Waals surface area contributed by atoms with E-state index in [0.717, 1.165) is 11.8 Å². The van der Waals surface area contributed by atoms with E-state index in [0.29, 0.717) is 0 Å². The molecule has 0 N–H and O–H groups in total. The van der Waals surface area contributed by atoms with Crippen molar-refractivity contribution >= 4 is 0 Å². The number of hydrogen-bond acceptors (Lipinski definition) is 0. The Hall–Kier alpha value is 0. The van der Waals surface area contributed by atoms with Crippen LogP contribution in [0, 0.1) is 11.8 Å². The van der Waals surface area contributed by atoms with E-state index in [1.54, 1.807) is 0 Å². The lowest BCUT2D eigenvalue weighted by Gasteiger charge is -2.27. The zero-order valence-corrected chi connectivity index (χ0v) is 15.8. The zero-order chi connectivity index (χ0) is 15.8. The maximum absolute atomic E-state index is 2.38. The second kappa shape index (κ2) is 16.4. The molecule has 0 rings (SSSR count). The van der Waals surface area contributed by atoms with E-state index in [4.69, 9.17) is 0 Å². The van der Waals surface area contributed by atoms with Crippen LogP contribution in [0.25, 0.3) is 0 Å². The molecule has 0 aliphatic heterocycles. The highest BCUT2D eigenvalue weighted by Crippen LogP contribution is 2.32. The van der Waals surface area contributed by atoms with Crippen LogP contribution in [0.2, 0.25) is 0 Å². The van der Waals surface area contributed by atoms with Gasteiger partial charge in [0, 0.05) is 0 Å². The number of rotatable bonds is 16. The minimum absolute atomic E-state index is 1.03. The molecule has 0 fully saturated rings. The first kappa shape index (κ1) is 21.0. The number of hydrogen-bond donors (Lipinski definition) is 0. The number of unbranched alkanes of at least 4 members (excludes halogenated alkanes) is 7. The third kappa shape index (κ3) is 12.2. The van der Waals surface area contributed by atoms with Crippen molar-refractivity contribution in [3.8, 4) is 0 Å². The summed E-state index contributed by atoms with van der Waals surface area (Å²) in [6, 6.07) is 0. The molecule has 0 radical (unpaired) electrons. The van der Waals surface area contributed by atoms with E-state index in [2.05, 4.69) is 27.7 Å². The van der Waals surface area contributed by atoms with Crippen LogP contribution in [0.1, 0.15) is 124 Å². The molecule has 0 amide bonds. The lowest BCUT2D eigenvalue weighted by Crippen LogP contribution is -2.15. The Labute approximate surface area is 136 Å². The van der Waals surface area contributed by atoms with Gasteiger partial charge in [0.1, 0.15) is 0 Å². The molecule has 0 aromatic carbocycles. The van der Waals surface area contributed by atoms with Gasteiger partial charge >= 0.3 is 0 Å². The maximum atomic E-state index is 2.38. The highest BCUT2D eigenvalue weighted by molar-refractivity contribution is 4.71. The van der Waals surface area contributed by atoms with E-state index in [1.807, 2.05) is 0 Å². The van der Waals surface area contributed by atoms with E-state index in [1.165, 1.54) is 96.3 Å². The van der Waals surface area contributed by atoms with Crippen molar-refractivity contribution in [1.29, 1.82) is 0 Å². The van der Waals surface area contributed by atoms with Crippen molar-refractivity contribution < 1.29 is 0 Å². The molecule has 21 heavy (non-hydrogen) atoms. The Balaban J connectivity index is 4.23. The molecule has 2 unspecified atom stereocenters. The van der Waals surface area contributed by atoms with E-state index in [9.17, 15) is 0 Å². The van der Waals surface area contributed by atoms with Crippen molar-refractivity contribution in [3.63, 3.8) is 0 Å². The summed E-state index contributed by atoms with van der Waals surface area (Å²) in [5, 5.41) is 0. The average molecular weight is 297 g/mol. The largest absolute Gasteiger partial charge is 0.0654 e. The first-order valence-electron chi connectivity index (χ1n) is 10.3. The molecule has 0 heterocycles. The molecule has 0 aromatic heterocycles. The highest BCUT2D eigenvalue weighted by atomic mass is 14.2. The third-order valence-corrected chi connectivity index (χ3v) is 5.11. The summed E-state index contributed by atoms with van der Waals surface area (Å²) >= 11 is 0. The monoisotopic (exact) mass is 296 g/mol. The van der Waals surface area contributed by atoms with Crippen LogP contribution in [0.3, 0.4) is 0 Å². The van der Waals surface area contributed by atoms with Crippen LogP contribution >= 0.6 is 0 Å². The smallest absolute Gasteiger partial charge is 0.0386 e. The fourth-order valence-corrected chi connectivity index (χ4v) is 3.74. The predicted octanol–water partition coefficient (Wildman–Crippen LogP) is 8.15. The second-order valence-electron chi connectivity index (χ2n) is 7.15. The molecule has 2 atom stereocenters. The molecule has 0 heteroatoms. The van der Waals surface area contributed by atoms with Gasteiger partial charge in [-0.25, -0.2) is 0 Å². The quantitative estimate of drug-likeness (QED) is 0.252. The third-order valence-electron chi connectivity index (χ3n) is 5.11. The topological polar surface area (TPSA) is 0 Å². The van der Waals surface area contributed by atoms with E-state index < -0.39 is 0 Å². The van der Waals surface area contributed by atoms with E-state index >= 15 is 0 Å². The minimum atomic E-state index is 1.03. The van der Waals surface area contributed by atoms with Gasteiger partial charge in [0.25, 0.3) is 0 Å². The molecule has 0 spiro atoms. The summed E-state index contributed by atoms with van der Waals surface area (Å²) < 4.78 is 0. The molecular formula is C21H44. The molecule has 0 aromatic rings.